The van der Waals surface area contributed by atoms with E-state index in [9.17, 15) is 24.3 Å². The number of rotatable bonds is 16. The fourth-order valence-electron chi connectivity index (χ4n) is 4.14. The van der Waals surface area contributed by atoms with Crippen molar-refractivity contribution in [2.24, 2.45) is 5.73 Å². The first-order chi connectivity index (χ1) is 18.3. The molecule has 0 bridgehead atoms. The molecule has 5 N–H and O–H groups in total. The Morgan fingerprint density at radius 1 is 1.03 bits per heavy atom. The molecule has 0 radical (unpaired) electrons. The number of phenolic OH excluding ortho intramolecular Hbond substituents is 1. The molecule has 39 heavy (non-hydrogen) atoms. The lowest BCUT2D eigenvalue weighted by Crippen LogP contribution is -2.54. The average Bonchev–Trinajstić information content (AvgIpc) is 2.83. The number of unbranched alkanes of at least 4 members (excludes halogenated alkanes) is 5. The van der Waals surface area contributed by atoms with Crippen LogP contribution in [0.15, 0.2) is 18.2 Å². The third-order valence-electron chi connectivity index (χ3n) is 6.13. The number of para-hydroxylation sites is 1. The van der Waals surface area contributed by atoms with Crippen LogP contribution >= 0.6 is 0 Å². The third kappa shape index (κ3) is 12.0. The third-order valence-corrected chi connectivity index (χ3v) is 6.13. The molecule has 1 rings (SSSR count). The van der Waals surface area contributed by atoms with Crippen LogP contribution in [0.5, 0.6) is 5.75 Å². The zero-order valence-corrected chi connectivity index (χ0v) is 24.5. The molecule has 0 heterocycles. The molecule has 220 valence electrons. The molecule has 0 fully saturated rings. The van der Waals surface area contributed by atoms with E-state index in [2.05, 4.69) is 17.6 Å². The highest BCUT2D eigenvalue weighted by Gasteiger charge is 2.38. The van der Waals surface area contributed by atoms with Crippen LogP contribution in [-0.2, 0) is 19.1 Å². The van der Waals surface area contributed by atoms with Crippen molar-refractivity contribution in [3.05, 3.63) is 29.3 Å². The molecule has 4 amide bonds. The highest BCUT2D eigenvalue weighted by atomic mass is 16.6. The van der Waals surface area contributed by atoms with E-state index < -0.39 is 47.9 Å². The van der Waals surface area contributed by atoms with Gasteiger partial charge in [0.05, 0.1) is 6.42 Å². The largest absolute Gasteiger partial charge is 0.507 e. The van der Waals surface area contributed by atoms with Gasteiger partial charge in [-0.1, -0.05) is 64.2 Å². The van der Waals surface area contributed by atoms with Crippen molar-refractivity contribution in [2.75, 3.05) is 13.1 Å². The van der Waals surface area contributed by atoms with Crippen LogP contribution in [0.2, 0.25) is 0 Å². The number of amides is 4. The number of carbonyl (C=O) groups is 4. The lowest BCUT2D eigenvalue weighted by molar-refractivity contribution is -0.143. The minimum absolute atomic E-state index is 0.0940. The summed E-state index contributed by atoms with van der Waals surface area (Å²) >= 11 is 0. The van der Waals surface area contributed by atoms with E-state index in [-0.39, 0.29) is 17.9 Å². The minimum atomic E-state index is -1.36. The molecule has 0 saturated heterocycles. The molecule has 0 aliphatic carbocycles. The van der Waals surface area contributed by atoms with Gasteiger partial charge in [0.25, 0.3) is 0 Å². The van der Waals surface area contributed by atoms with Gasteiger partial charge in [-0.2, -0.15) is 0 Å². The van der Waals surface area contributed by atoms with Crippen molar-refractivity contribution in [3.63, 3.8) is 0 Å². The number of primary amides is 1. The predicted octanol–water partition coefficient (Wildman–Crippen LogP) is 4.23. The van der Waals surface area contributed by atoms with Gasteiger partial charge in [-0.25, -0.2) is 4.79 Å². The summed E-state index contributed by atoms with van der Waals surface area (Å²) in [4.78, 5) is 53.5. The fourth-order valence-corrected chi connectivity index (χ4v) is 4.14. The molecule has 10 nitrogen and oxygen atoms in total. The number of phenols is 1. The summed E-state index contributed by atoms with van der Waals surface area (Å²) in [5, 5.41) is 16.3. The number of hydrogen-bond donors (Lipinski definition) is 4. The lowest BCUT2D eigenvalue weighted by Gasteiger charge is -2.34. The maximum Gasteiger partial charge on any atom is 0.408 e. The number of carbonyl (C=O) groups excluding carboxylic acids is 4. The van der Waals surface area contributed by atoms with Crippen molar-refractivity contribution in [1.29, 1.82) is 0 Å². The number of aromatic hydroxyl groups is 1. The van der Waals surface area contributed by atoms with E-state index in [1.807, 2.05) is 6.92 Å². The summed E-state index contributed by atoms with van der Waals surface area (Å²) in [6, 6.07) is 2.48. The SMILES string of the molecule is CCCCCCCN(C(=O)C(CC(N)=O)NC(=O)OC(C)(C)C)C(C(=O)NCCCC)c1cccc(C)c1O. The zero-order valence-electron chi connectivity index (χ0n) is 24.5. The molecule has 10 heteroatoms. The first-order valence-corrected chi connectivity index (χ1v) is 14.0. The van der Waals surface area contributed by atoms with Crippen molar-refractivity contribution in [3.8, 4) is 5.75 Å². The Bertz CT molecular complexity index is 960. The van der Waals surface area contributed by atoms with Crippen LogP contribution in [0.25, 0.3) is 0 Å². The van der Waals surface area contributed by atoms with Crippen LogP contribution in [0.4, 0.5) is 4.79 Å². The maximum atomic E-state index is 14.0. The van der Waals surface area contributed by atoms with Crippen LogP contribution in [0.3, 0.4) is 0 Å². The van der Waals surface area contributed by atoms with E-state index in [0.29, 0.717) is 18.5 Å². The molecule has 0 saturated carbocycles. The van der Waals surface area contributed by atoms with Gasteiger partial charge in [0.15, 0.2) is 0 Å². The number of benzene rings is 1. The van der Waals surface area contributed by atoms with Crippen molar-refractivity contribution >= 4 is 23.8 Å². The van der Waals surface area contributed by atoms with Crippen molar-refractivity contribution < 1.29 is 29.0 Å². The van der Waals surface area contributed by atoms with E-state index >= 15 is 0 Å². The number of nitrogens with two attached hydrogens (primary N) is 1. The van der Waals surface area contributed by atoms with Gasteiger partial charge in [0.2, 0.25) is 17.7 Å². The molecule has 1 aromatic rings. The second-order valence-electron chi connectivity index (χ2n) is 10.9. The zero-order chi connectivity index (χ0) is 29.6. The van der Waals surface area contributed by atoms with Crippen LogP contribution < -0.4 is 16.4 Å². The number of nitrogens with zero attached hydrogens (tertiary/aromatic N) is 1. The van der Waals surface area contributed by atoms with Gasteiger partial charge in [-0.15, -0.1) is 0 Å². The molecular weight excluding hydrogens is 500 g/mol. The summed E-state index contributed by atoms with van der Waals surface area (Å²) in [5.74, 6) is -2.01. The topological polar surface area (TPSA) is 151 Å². The summed E-state index contributed by atoms with van der Waals surface area (Å²) in [6.45, 7) is 11.4. The Hall–Kier alpha value is -3.30. The lowest BCUT2D eigenvalue weighted by atomic mass is 9.98. The van der Waals surface area contributed by atoms with Gasteiger partial charge in [-0.3, -0.25) is 14.4 Å². The molecule has 1 aromatic carbocycles. The Kier molecular flexibility index (Phi) is 14.4. The van der Waals surface area contributed by atoms with E-state index in [1.165, 1.54) is 4.90 Å². The minimum Gasteiger partial charge on any atom is -0.507 e. The summed E-state index contributed by atoms with van der Waals surface area (Å²) in [5.41, 5.74) is 5.42. The Morgan fingerprint density at radius 3 is 2.26 bits per heavy atom. The molecule has 2 atom stereocenters. The summed E-state index contributed by atoms with van der Waals surface area (Å²) in [6.07, 6.45) is 4.70. The summed E-state index contributed by atoms with van der Waals surface area (Å²) in [7, 11) is 0. The molecule has 0 aliphatic heterocycles. The summed E-state index contributed by atoms with van der Waals surface area (Å²) < 4.78 is 5.31. The van der Waals surface area contributed by atoms with E-state index in [0.717, 1.165) is 38.5 Å². The van der Waals surface area contributed by atoms with Gasteiger partial charge < -0.3 is 31.1 Å². The molecule has 0 spiro atoms. The number of hydrogen-bond acceptors (Lipinski definition) is 6. The number of ether oxygens (including phenoxy) is 1. The first-order valence-electron chi connectivity index (χ1n) is 14.0. The highest BCUT2D eigenvalue weighted by molar-refractivity contribution is 5.94. The van der Waals surface area contributed by atoms with Crippen LogP contribution in [0.1, 0.15) is 103 Å². The Morgan fingerprint density at radius 2 is 1.67 bits per heavy atom. The van der Waals surface area contributed by atoms with Gasteiger partial charge in [-0.05, 0) is 46.1 Å². The Balaban J connectivity index is 3.53. The van der Waals surface area contributed by atoms with Crippen LogP contribution in [0, 0.1) is 6.92 Å². The van der Waals surface area contributed by atoms with Crippen molar-refractivity contribution in [2.45, 2.75) is 111 Å². The van der Waals surface area contributed by atoms with Gasteiger partial charge >= 0.3 is 6.09 Å². The molecule has 0 aromatic heterocycles. The quantitative estimate of drug-likeness (QED) is 0.227. The number of aryl methyl sites for hydroxylation is 1. The second kappa shape index (κ2) is 16.6. The number of nitrogens with one attached hydrogen (secondary N) is 2. The highest BCUT2D eigenvalue weighted by Crippen LogP contribution is 2.32. The van der Waals surface area contributed by atoms with Crippen LogP contribution in [-0.4, -0.2) is 58.6 Å². The molecule has 0 aliphatic rings. The molecular formula is C29H48N4O6. The molecule has 2 unspecified atom stereocenters. The number of alkyl carbamates (subject to hydrolysis) is 1. The Labute approximate surface area is 233 Å². The predicted molar refractivity (Wildman–Crippen MR) is 151 cm³/mol. The second-order valence-corrected chi connectivity index (χ2v) is 10.9. The fraction of sp³-hybridized carbons (Fsp3) is 0.655. The monoisotopic (exact) mass is 548 g/mol. The van der Waals surface area contributed by atoms with E-state index in [4.69, 9.17) is 10.5 Å². The van der Waals surface area contributed by atoms with Gasteiger partial charge in [0.1, 0.15) is 23.4 Å². The normalized spacial score (nSPS) is 12.8. The maximum absolute atomic E-state index is 14.0. The van der Waals surface area contributed by atoms with E-state index in [1.54, 1.807) is 45.9 Å². The van der Waals surface area contributed by atoms with Crippen molar-refractivity contribution in [1.82, 2.24) is 15.5 Å². The van der Waals surface area contributed by atoms with Gasteiger partial charge in [0, 0.05) is 18.7 Å². The standard InChI is InChI=1S/C29H48N4O6/c1-7-9-11-12-13-18-33(27(37)22(19-23(30)34)32-28(38)39-29(4,5)6)24(26(36)31-17-10-8-2)21-16-14-15-20(3)25(21)35/h14-16,22,24,35H,7-13,17-19H2,1-6H3,(H2,30,34)(H,31,36)(H,32,38). The first kappa shape index (κ1) is 33.7. The smallest absolute Gasteiger partial charge is 0.408 e. The average molecular weight is 549 g/mol.